The van der Waals surface area contributed by atoms with Gasteiger partial charge in [0.2, 0.25) is 0 Å². The quantitative estimate of drug-likeness (QED) is 0.330. The Hall–Kier alpha value is -4.33. The van der Waals surface area contributed by atoms with Gasteiger partial charge in [0.25, 0.3) is 12.3 Å². The molecule has 2 heterocycles. The van der Waals surface area contributed by atoms with Gasteiger partial charge in [-0.25, -0.2) is 17.9 Å². The number of nitrogens with zero attached hydrogens (tertiary/aromatic N) is 2. The normalized spacial score (nSPS) is 11.3. The molecule has 2 N–H and O–H groups in total. The highest BCUT2D eigenvalue weighted by atomic mass is 19.3. The lowest BCUT2D eigenvalue weighted by atomic mass is 10.0. The van der Waals surface area contributed by atoms with Gasteiger partial charge in [-0.1, -0.05) is 48.5 Å². The third kappa shape index (κ3) is 3.98. The lowest BCUT2D eigenvalue weighted by molar-refractivity contribution is 0.101. The number of nitrogens with one attached hydrogen (secondary N) is 2. The van der Waals surface area contributed by atoms with Gasteiger partial charge in [-0.2, -0.15) is 5.10 Å². The number of carbonyl (C=O) groups is 1. The predicted molar refractivity (Wildman–Crippen MR) is 120 cm³/mol. The van der Waals surface area contributed by atoms with Crippen LogP contribution >= 0.6 is 0 Å². The van der Waals surface area contributed by atoms with Crippen LogP contribution in [0, 0.1) is 5.82 Å². The molecule has 0 saturated heterocycles. The van der Waals surface area contributed by atoms with E-state index in [-0.39, 0.29) is 5.56 Å². The van der Waals surface area contributed by atoms with Gasteiger partial charge in [0, 0.05) is 28.4 Å². The second-order valence-electron chi connectivity index (χ2n) is 7.43. The van der Waals surface area contributed by atoms with Gasteiger partial charge in [0.05, 0.1) is 5.56 Å². The maximum Gasteiger partial charge on any atom is 0.282 e. The summed E-state index contributed by atoms with van der Waals surface area (Å²) in [5.41, 5.74) is 1.41. The van der Waals surface area contributed by atoms with Crippen LogP contribution in [0.3, 0.4) is 0 Å². The molecule has 5 nitrogen and oxygen atoms in total. The van der Waals surface area contributed by atoms with E-state index in [1.54, 1.807) is 42.5 Å². The highest BCUT2D eigenvalue weighted by Crippen LogP contribution is 2.30. The molecule has 0 aliphatic rings. The fraction of sp³-hybridized carbons (Fsp3) is 0.0400. The average molecular weight is 446 g/mol. The molecule has 33 heavy (non-hydrogen) atoms. The van der Waals surface area contributed by atoms with Crippen LogP contribution in [0.25, 0.3) is 27.8 Å². The molecule has 0 unspecified atom stereocenters. The summed E-state index contributed by atoms with van der Waals surface area (Å²) in [7, 11) is 0. The molecule has 1 amide bonds. The van der Waals surface area contributed by atoms with Crippen molar-refractivity contribution in [2.75, 3.05) is 5.32 Å². The maximum atomic E-state index is 13.7. The number of H-pyrrole nitrogens is 1. The van der Waals surface area contributed by atoms with Crippen LogP contribution < -0.4 is 5.32 Å². The van der Waals surface area contributed by atoms with Crippen molar-refractivity contribution >= 4 is 22.5 Å². The molecule has 0 radical (unpaired) electrons. The van der Waals surface area contributed by atoms with Gasteiger partial charge in [0.1, 0.15) is 17.3 Å². The SMILES string of the molecule is O=C(Nc1ccccc1-c1cccc(F)c1)c1cn(-c2cc3ccccc3[nH]2)nc1C(F)F. The van der Waals surface area contributed by atoms with E-state index in [0.29, 0.717) is 22.6 Å². The fourth-order valence-corrected chi connectivity index (χ4v) is 3.72. The zero-order valence-electron chi connectivity index (χ0n) is 17.1. The molecule has 0 fully saturated rings. The zero-order valence-corrected chi connectivity index (χ0v) is 17.1. The van der Waals surface area contributed by atoms with Crippen molar-refractivity contribution in [2.45, 2.75) is 6.43 Å². The standard InChI is InChI=1S/C25H17F3N4O/c26-17-8-5-7-15(12-17)18-9-2-4-11-21(18)30-25(33)19-14-32(31-23(19)24(27)28)22-13-16-6-1-3-10-20(16)29-22/h1-14,24,29H,(H,30,33). The van der Waals surface area contributed by atoms with E-state index < -0.39 is 23.8 Å². The van der Waals surface area contributed by atoms with Gasteiger partial charge in [0.15, 0.2) is 0 Å². The van der Waals surface area contributed by atoms with E-state index in [0.717, 1.165) is 10.9 Å². The van der Waals surface area contributed by atoms with Crippen LogP contribution in [0.15, 0.2) is 85.1 Å². The monoisotopic (exact) mass is 446 g/mol. The van der Waals surface area contributed by atoms with E-state index in [1.807, 2.05) is 24.3 Å². The van der Waals surface area contributed by atoms with Crippen molar-refractivity contribution in [3.63, 3.8) is 0 Å². The minimum atomic E-state index is -2.95. The third-order valence-corrected chi connectivity index (χ3v) is 5.27. The van der Waals surface area contributed by atoms with Crippen LogP contribution in [0.1, 0.15) is 22.5 Å². The Kier molecular flexibility index (Phi) is 5.18. The second kappa shape index (κ2) is 8.31. The summed E-state index contributed by atoms with van der Waals surface area (Å²) in [5, 5.41) is 7.51. The summed E-state index contributed by atoms with van der Waals surface area (Å²) in [6.07, 6.45) is -1.68. The third-order valence-electron chi connectivity index (χ3n) is 5.27. The number of aromatic nitrogens is 3. The van der Waals surface area contributed by atoms with Crippen molar-refractivity contribution in [1.29, 1.82) is 0 Å². The van der Waals surface area contributed by atoms with Gasteiger partial charge < -0.3 is 10.3 Å². The van der Waals surface area contributed by atoms with Crippen molar-refractivity contribution < 1.29 is 18.0 Å². The highest BCUT2D eigenvalue weighted by molar-refractivity contribution is 6.07. The van der Waals surface area contributed by atoms with Crippen LogP contribution in [0.5, 0.6) is 0 Å². The number of amides is 1. The number of alkyl halides is 2. The van der Waals surface area contributed by atoms with Gasteiger partial charge in [-0.3, -0.25) is 4.79 Å². The number of fused-ring (bicyclic) bond motifs is 1. The number of benzene rings is 3. The molecule has 0 bridgehead atoms. The Morgan fingerprint density at radius 1 is 0.970 bits per heavy atom. The molecule has 0 atom stereocenters. The van der Waals surface area contributed by atoms with Crippen LogP contribution in [0.4, 0.5) is 18.9 Å². The first-order valence-corrected chi connectivity index (χ1v) is 10.1. The molecule has 0 saturated carbocycles. The molecule has 5 aromatic rings. The predicted octanol–water partition coefficient (Wildman–Crippen LogP) is 6.35. The first-order valence-electron chi connectivity index (χ1n) is 10.1. The molecule has 164 valence electrons. The van der Waals surface area contributed by atoms with E-state index in [4.69, 9.17) is 0 Å². The van der Waals surface area contributed by atoms with Gasteiger partial charge in [-0.05, 0) is 35.9 Å². The molecule has 5 rings (SSSR count). The number of halogens is 3. The van der Waals surface area contributed by atoms with E-state index in [2.05, 4.69) is 15.4 Å². The van der Waals surface area contributed by atoms with E-state index >= 15 is 0 Å². The Labute approximate surface area is 186 Å². The summed E-state index contributed by atoms with van der Waals surface area (Å²) in [6.45, 7) is 0. The largest absolute Gasteiger partial charge is 0.340 e. The number of hydrogen-bond acceptors (Lipinski definition) is 2. The van der Waals surface area contributed by atoms with E-state index in [1.165, 1.54) is 23.0 Å². The molecule has 0 aliphatic heterocycles. The van der Waals surface area contributed by atoms with E-state index in [9.17, 15) is 18.0 Å². The second-order valence-corrected chi connectivity index (χ2v) is 7.43. The summed E-state index contributed by atoms with van der Waals surface area (Å²) in [4.78, 5) is 16.1. The number of hydrogen-bond donors (Lipinski definition) is 2. The Morgan fingerprint density at radius 2 is 1.76 bits per heavy atom. The zero-order chi connectivity index (χ0) is 22.9. The summed E-state index contributed by atoms with van der Waals surface area (Å²) in [6, 6.07) is 21.9. The minimum absolute atomic E-state index is 0.252. The van der Waals surface area contributed by atoms with Crippen LogP contribution in [-0.4, -0.2) is 20.7 Å². The molecule has 2 aromatic heterocycles. The van der Waals surface area contributed by atoms with Crippen molar-refractivity contribution in [1.82, 2.24) is 14.8 Å². The summed E-state index contributed by atoms with van der Waals surface area (Å²) in [5.74, 6) is -0.706. The average Bonchev–Trinajstić information content (AvgIpc) is 3.44. The Bertz CT molecular complexity index is 1440. The topological polar surface area (TPSA) is 62.7 Å². The fourth-order valence-electron chi connectivity index (χ4n) is 3.72. The molecular weight excluding hydrogens is 429 g/mol. The summed E-state index contributed by atoms with van der Waals surface area (Å²) < 4.78 is 42.4. The first-order chi connectivity index (χ1) is 16.0. The highest BCUT2D eigenvalue weighted by Gasteiger charge is 2.25. The first kappa shape index (κ1) is 20.6. The van der Waals surface area contributed by atoms with Crippen molar-refractivity contribution in [2.24, 2.45) is 0 Å². The molecule has 3 aromatic carbocycles. The lowest BCUT2D eigenvalue weighted by Gasteiger charge is -2.11. The number of para-hydroxylation sites is 2. The maximum absolute atomic E-state index is 13.7. The molecule has 0 spiro atoms. The molecule has 8 heteroatoms. The van der Waals surface area contributed by atoms with Gasteiger partial charge in [-0.15, -0.1) is 0 Å². The smallest absolute Gasteiger partial charge is 0.282 e. The molecule has 0 aliphatic carbocycles. The summed E-state index contributed by atoms with van der Waals surface area (Å²) >= 11 is 0. The number of anilines is 1. The number of rotatable bonds is 5. The van der Waals surface area contributed by atoms with Crippen LogP contribution in [0.2, 0.25) is 0 Å². The van der Waals surface area contributed by atoms with Crippen molar-refractivity contribution in [3.8, 4) is 16.9 Å². The number of aromatic amines is 1. The number of carbonyl (C=O) groups excluding carboxylic acids is 1. The van der Waals surface area contributed by atoms with Gasteiger partial charge >= 0.3 is 0 Å². The minimum Gasteiger partial charge on any atom is -0.340 e. The van der Waals surface area contributed by atoms with Crippen LogP contribution in [-0.2, 0) is 0 Å². The Morgan fingerprint density at radius 3 is 2.55 bits per heavy atom. The lowest BCUT2D eigenvalue weighted by Crippen LogP contribution is -2.14. The molecular formula is C25H17F3N4O. The Balaban J connectivity index is 1.51. The van der Waals surface area contributed by atoms with Crippen molar-refractivity contribution in [3.05, 3.63) is 102 Å².